The number of carbonyl (C=O) groups is 5. The molecule has 0 fully saturated rings. The highest BCUT2D eigenvalue weighted by Gasteiger charge is 2.29. The first-order valence-corrected chi connectivity index (χ1v) is 8.52. The Morgan fingerprint density at radius 2 is 1.45 bits per heavy atom. The van der Waals surface area contributed by atoms with Gasteiger partial charge >= 0.3 is 17.9 Å². The summed E-state index contributed by atoms with van der Waals surface area (Å²) in [6, 6.07) is -4.19. The van der Waals surface area contributed by atoms with E-state index in [1.165, 1.54) is 0 Å². The Morgan fingerprint density at radius 3 is 1.93 bits per heavy atom. The summed E-state index contributed by atoms with van der Waals surface area (Å²) in [4.78, 5) is 60.7. The number of hydrogen-bond donors (Lipinski definition) is 8. The first-order chi connectivity index (χ1) is 13.4. The van der Waals surface area contributed by atoms with Crippen LogP contribution in [0.2, 0.25) is 0 Å². The molecule has 29 heavy (non-hydrogen) atoms. The molecule has 0 aliphatic rings. The molecule has 0 saturated carbocycles. The van der Waals surface area contributed by atoms with Crippen LogP contribution in [-0.2, 0) is 24.0 Å². The number of carboxylic acids is 3. The molecule has 0 aromatic rings. The minimum Gasteiger partial charge on any atom is -0.481 e. The second-order valence-corrected chi connectivity index (χ2v) is 6.05. The maximum Gasteiger partial charge on any atom is 0.326 e. The van der Waals surface area contributed by atoms with Crippen LogP contribution in [0.4, 0.5) is 0 Å². The zero-order valence-electron chi connectivity index (χ0n) is 15.5. The van der Waals surface area contributed by atoms with Gasteiger partial charge in [-0.1, -0.05) is 0 Å². The summed E-state index contributed by atoms with van der Waals surface area (Å²) in [7, 11) is 0. The Hall–Kier alpha value is -3.42. The van der Waals surface area contributed by atoms with Gasteiger partial charge in [-0.15, -0.1) is 0 Å². The normalized spacial score (nSPS) is 13.4. The molecule has 0 unspecified atom stereocenters. The topological polar surface area (TPSA) is 261 Å². The second-order valence-electron chi connectivity index (χ2n) is 6.05. The SMILES string of the molecule is NC(N)=NCCC[C@H](NC(=O)[C@@H](N)CCC(=O)O)C(=O)N[C@@H](CC(=O)O)C(=O)O. The van der Waals surface area contributed by atoms with Crippen molar-refractivity contribution in [2.75, 3.05) is 6.54 Å². The lowest BCUT2D eigenvalue weighted by atomic mass is 10.1. The molecular formula is C15H26N6O8. The molecule has 11 N–H and O–H groups in total. The quantitative estimate of drug-likeness (QED) is 0.0789. The summed E-state index contributed by atoms with van der Waals surface area (Å²) < 4.78 is 0. The number of hydrogen-bond acceptors (Lipinski definition) is 7. The summed E-state index contributed by atoms with van der Waals surface area (Å²) >= 11 is 0. The third-order valence-electron chi connectivity index (χ3n) is 3.58. The zero-order chi connectivity index (χ0) is 22.6. The predicted octanol–water partition coefficient (Wildman–Crippen LogP) is -3.24. The molecule has 0 aliphatic carbocycles. The van der Waals surface area contributed by atoms with Gasteiger partial charge in [0.05, 0.1) is 12.5 Å². The van der Waals surface area contributed by atoms with E-state index in [-0.39, 0.29) is 38.2 Å². The lowest BCUT2D eigenvalue weighted by Gasteiger charge is -2.22. The van der Waals surface area contributed by atoms with Crippen molar-refractivity contribution in [3.05, 3.63) is 0 Å². The summed E-state index contributed by atoms with van der Waals surface area (Å²) in [5.74, 6) is -6.11. The largest absolute Gasteiger partial charge is 0.481 e. The summed E-state index contributed by atoms with van der Waals surface area (Å²) in [5.41, 5.74) is 16.0. The Balaban J connectivity index is 5.14. The standard InChI is InChI=1S/C15H26N6O8/c16-7(3-4-10(22)23)12(26)20-8(2-1-5-19-15(17)18)13(27)21-9(14(28)29)6-11(24)25/h7-9H,1-6,16H2,(H,20,26)(H,21,27)(H,22,23)(H,24,25)(H,28,29)(H4,17,18,19)/t7-,8-,9-/m0/s1. The maximum atomic E-state index is 12.4. The van der Waals surface area contributed by atoms with Crippen LogP contribution in [0.15, 0.2) is 4.99 Å². The van der Waals surface area contributed by atoms with Crippen molar-refractivity contribution in [3.8, 4) is 0 Å². The smallest absolute Gasteiger partial charge is 0.326 e. The van der Waals surface area contributed by atoms with Crippen LogP contribution in [0.1, 0.15) is 32.1 Å². The number of nitrogens with one attached hydrogen (secondary N) is 2. The van der Waals surface area contributed by atoms with Gasteiger partial charge in [-0.3, -0.25) is 24.2 Å². The fourth-order valence-electron chi connectivity index (χ4n) is 2.11. The maximum absolute atomic E-state index is 12.4. The van der Waals surface area contributed by atoms with Gasteiger partial charge in [0.25, 0.3) is 0 Å². The fraction of sp³-hybridized carbons (Fsp3) is 0.600. The number of carbonyl (C=O) groups excluding carboxylic acids is 2. The minimum atomic E-state index is -1.71. The first kappa shape index (κ1) is 25.6. The van der Waals surface area contributed by atoms with Crippen molar-refractivity contribution in [1.82, 2.24) is 10.6 Å². The monoisotopic (exact) mass is 418 g/mol. The van der Waals surface area contributed by atoms with Gasteiger partial charge in [0, 0.05) is 13.0 Å². The number of nitrogens with zero attached hydrogens (tertiary/aromatic N) is 1. The second kappa shape index (κ2) is 12.9. The van der Waals surface area contributed by atoms with Crippen LogP contribution in [0.5, 0.6) is 0 Å². The molecule has 0 rings (SSSR count). The van der Waals surface area contributed by atoms with Crippen LogP contribution >= 0.6 is 0 Å². The molecule has 0 aliphatic heterocycles. The first-order valence-electron chi connectivity index (χ1n) is 8.52. The number of nitrogens with two attached hydrogens (primary N) is 3. The molecule has 0 saturated heterocycles. The van der Waals surface area contributed by atoms with E-state index in [9.17, 15) is 24.0 Å². The lowest BCUT2D eigenvalue weighted by Crippen LogP contribution is -2.54. The van der Waals surface area contributed by atoms with Gasteiger partial charge < -0.3 is 43.2 Å². The Morgan fingerprint density at radius 1 is 0.862 bits per heavy atom. The number of rotatable bonds is 14. The van der Waals surface area contributed by atoms with Crippen molar-refractivity contribution in [2.24, 2.45) is 22.2 Å². The van der Waals surface area contributed by atoms with Gasteiger partial charge in [-0.2, -0.15) is 0 Å². The van der Waals surface area contributed by atoms with E-state index in [0.29, 0.717) is 0 Å². The van der Waals surface area contributed by atoms with Gasteiger partial charge in [-0.05, 0) is 19.3 Å². The summed E-state index contributed by atoms with van der Waals surface area (Å²) in [6.07, 6.45) is -1.21. The van der Waals surface area contributed by atoms with Crippen molar-refractivity contribution < 1.29 is 39.3 Å². The molecule has 0 radical (unpaired) electrons. The summed E-state index contributed by atoms with van der Waals surface area (Å²) in [6.45, 7) is 0.116. The number of aliphatic carboxylic acids is 3. The van der Waals surface area contributed by atoms with E-state index in [2.05, 4.69) is 10.3 Å². The van der Waals surface area contributed by atoms with Crippen LogP contribution in [0.3, 0.4) is 0 Å². The van der Waals surface area contributed by atoms with Crippen molar-refractivity contribution in [1.29, 1.82) is 0 Å². The predicted molar refractivity (Wildman–Crippen MR) is 98.5 cm³/mol. The number of amides is 2. The van der Waals surface area contributed by atoms with Gasteiger partial charge in [0.2, 0.25) is 11.8 Å². The van der Waals surface area contributed by atoms with Crippen molar-refractivity contribution in [2.45, 2.75) is 50.2 Å². The number of aliphatic imine (C=N–C) groups is 1. The summed E-state index contributed by atoms with van der Waals surface area (Å²) in [5, 5.41) is 30.8. The Kier molecular flexibility index (Phi) is 11.4. The Bertz CT molecular complexity index is 649. The third-order valence-corrected chi connectivity index (χ3v) is 3.58. The molecule has 0 aromatic heterocycles. The van der Waals surface area contributed by atoms with Gasteiger partial charge in [0.15, 0.2) is 5.96 Å². The van der Waals surface area contributed by atoms with Crippen molar-refractivity contribution >= 4 is 35.7 Å². The minimum absolute atomic E-state index is 0.0145. The molecular weight excluding hydrogens is 392 g/mol. The molecule has 0 aromatic carbocycles. The number of guanidine groups is 1. The van der Waals surface area contributed by atoms with Crippen LogP contribution in [-0.4, -0.2) is 75.7 Å². The molecule has 0 heterocycles. The zero-order valence-corrected chi connectivity index (χ0v) is 15.5. The van der Waals surface area contributed by atoms with Crippen LogP contribution in [0, 0.1) is 0 Å². The molecule has 3 atom stereocenters. The average molecular weight is 418 g/mol. The molecule has 14 heteroatoms. The van der Waals surface area contributed by atoms with Crippen molar-refractivity contribution in [3.63, 3.8) is 0 Å². The highest BCUT2D eigenvalue weighted by Crippen LogP contribution is 2.03. The van der Waals surface area contributed by atoms with Gasteiger partial charge in [-0.25, -0.2) is 4.79 Å². The molecule has 0 bridgehead atoms. The van der Waals surface area contributed by atoms with E-state index in [1.54, 1.807) is 0 Å². The molecule has 2 amide bonds. The van der Waals surface area contributed by atoms with Gasteiger partial charge in [0.1, 0.15) is 12.1 Å². The molecule has 164 valence electrons. The molecule has 14 nitrogen and oxygen atoms in total. The van der Waals surface area contributed by atoms with Crippen LogP contribution < -0.4 is 27.8 Å². The highest BCUT2D eigenvalue weighted by atomic mass is 16.4. The highest BCUT2D eigenvalue weighted by molar-refractivity contribution is 5.92. The fourth-order valence-corrected chi connectivity index (χ4v) is 2.11. The van der Waals surface area contributed by atoms with E-state index in [1.807, 2.05) is 5.32 Å². The van der Waals surface area contributed by atoms with E-state index in [0.717, 1.165) is 0 Å². The van der Waals surface area contributed by atoms with E-state index < -0.39 is 54.3 Å². The van der Waals surface area contributed by atoms with Crippen LogP contribution in [0.25, 0.3) is 0 Å². The third kappa shape index (κ3) is 11.8. The average Bonchev–Trinajstić information content (AvgIpc) is 2.60. The Labute approximate surface area is 165 Å². The van der Waals surface area contributed by atoms with E-state index >= 15 is 0 Å². The van der Waals surface area contributed by atoms with E-state index in [4.69, 9.17) is 32.5 Å². The lowest BCUT2D eigenvalue weighted by molar-refractivity contribution is -0.147. The number of carboxylic acid groups (broad SMARTS) is 3. The molecule has 0 spiro atoms.